The molecule has 1 aromatic rings. The van der Waals surface area contributed by atoms with E-state index in [0.29, 0.717) is 12.5 Å². The van der Waals surface area contributed by atoms with E-state index in [-0.39, 0.29) is 10.6 Å². The summed E-state index contributed by atoms with van der Waals surface area (Å²) in [6.45, 7) is 5.42. The molecule has 0 saturated heterocycles. The lowest BCUT2D eigenvalue weighted by molar-refractivity contribution is -0.384. The van der Waals surface area contributed by atoms with E-state index < -0.39 is 0 Å². The van der Waals surface area contributed by atoms with Crippen molar-refractivity contribution >= 4 is 11.4 Å². The van der Waals surface area contributed by atoms with Crippen LogP contribution < -0.4 is 5.32 Å². The van der Waals surface area contributed by atoms with Crippen LogP contribution in [0, 0.1) is 23.0 Å². The van der Waals surface area contributed by atoms with E-state index in [0.717, 1.165) is 17.8 Å². The number of nitro benzene ring substituents is 1. The highest BCUT2D eigenvalue weighted by molar-refractivity contribution is 5.55. The van der Waals surface area contributed by atoms with Gasteiger partial charge >= 0.3 is 0 Å². The van der Waals surface area contributed by atoms with Gasteiger partial charge in [0, 0.05) is 31.5 Å². The fourth-order valence-corrected chi connectivity index (χ4v) is 1.59. The molecule has 0 aromatic heterocycles. The average molecular weight is 238 g/mol. The minimum Gasteiger partial charge on any atom is -0.384 e. The van der Waals surface area contributed by atoms with E-state index >= 15 is 0 Å². The Morgan fingerprint density at radius 3 is 2.76 bits per heavy atom. The van der Waals surface area contributed by atoms with Gasteiger partial charge in [0.1, 0.15) is 0 Å². The predicted molar refractivity (Wildman–Crippen MR) is 67.4 cm³/mol. The molecule has 0 radical (unpaired) electrons. The fourth-order valence-electron chi connectivity index (χ4n) is 1.59. The first-order chi connectivity index (χ1) is 8.04. The van der Waals surface area contributed by atoms with Gasteiger partial charge in [-0.15, -0.1) is 0 Å². The van der Waals surface area contributed by atoms with Gasteiger partial charge in [-0.3, -0.25) is 10.1 Å². The number of methoxy groups -OCH3 is 1. The molecule has 0 amide bonds. The highest BCUT2D eigenvalue weighted by atomic mass is 16.6. The number of nitro groups is 1. The molecule has 0 heterocycles. The molecule has 1 atom stereocenters. The summed E-state index contributed by atoms with van der Waals surface area (Å²) in [7, 11) is 1.67. The normalized spacial score (nSPS) is 12.2. The lowest BCUT2D eigenvalue weighted by Crippen LogP contribution is -2.16. The SMILES string of the molecule is COCC(C)CNc1ccc([N+](=O)[O-])cc1C. The lowest BCUT2D eigenvalue weighted by Gasteiger charge is -2.14. The summed E-state index contributed by atoms with van der Waals surface area (Å²) in [4.78, 5) is 10.2. The van der Waals surface area contributed by atoms with Crippen LogP contribution in [0.4, 0.5) is 11.4 Å². The maximum Gasteiger partial charge on any atom is 0.269 e. The Bertz CT molecular complexity index is 393. The van der Waals surface area contributed by atoms with Crippen LogP contribution in [0.5, 0.6) is 0 Å². The molecule has 0 aliphatic rings. The Morgan fingerprint density at radius 2 is 2.24 bits per heavy atom. The van der Waals surface area contributed by atoms with Crippen molar-refractivity contribution in [2.75, 3.05) is 25.6 Å². The zero-order chi connectivity index (χ0) is 12.8. The van der Waals surface area contributed by atoms with Crippen molar-refractivity contribution in [3.8, 4) is 0 Å². The summed E-state index contributed by atoms with van der Waals surface area (Å²) in [5.41, 5.74) is 1.93. The van der Waals surface area contributed by atoms with Crippen molar-refractivity contribution < 1.29 is 9.66 Å². The van der Waals surface area contributed by atoms with Crippen molar-refractivity contribution in [2.24, 2.45) is 5.92 Å². The Balaban J connectivity index is 2.63. The summed E-state index contributed by atoms with van der Waals surface area (Å²) in [5.74, 6) is 0.398. The third kappa shape index (κ3) is 4.03. The van der Waals surface area contributed by atoms with Gasteiger partial charge in [-0.05, 0) is 24.5 Å². The molecule has 1 rings (SSSR count). The summed E-state index contributed by atoms with van der Waals surface area (Å²) in [6, 6.07) is 4.83. The predicted octanol–water partition coefficient (Wildman–Crippen LogP) is 2.60. The van der Waals surface area contributed by atoms with Crippen LogP contribution in [-0.4, -0.2) is 25.2 Å². The molecule has 0 saturated carbocycles. The average Bonchev–Trinajstić information content (AvgIpc) is 2.27. The van der Waals surface area contributed by atoms with Gasteiger partial charge in [0.15, 0.2) is 0 Å². The van der Waals surface area contributed by atoms with Crippen LogP contribution in [0.2, 0.25) is 0 Å². The number of hydrogen-bond acceptors (Lipinski definition) is 4. The quantitative estimate of drug-likeness (QED) is 0.611. The van der Waals surface area contributed by atoms with Gasteiger partial charge in [-0.2, -0.15) is 0 Å². The van der Waals surface area contributed by atoms with Crippen LogP contribution in [-0.2, 0) is 4.74 Å². The second-order valence-corrected chi connectivity index (χ2v) is 4.20. The molecular formula is C12H18N2O3. The van der Waals surface area contributed by atoms with E-state index in [4.69, 9.17) is 4.74 Å². The summed E-state index contributed by atoms with van der Waals surface area (Å²) < 4.78 is 5.04. The third-order valence-corrected chi connectivity index (χ3v) is 2.51. The third-order valence-electron chi connectivity index (χ3n) is 2.51. The number of hydrogen-bond donors (Lipinski definition) is 1. The molecule has 5 heteroatoms. The van der Waals surface area contributed by atoms with Crippen molar-refractivity contribution in [2.45, 2.75) is 13.8 Å². The van der Waals surface area contributed by atoms with Crippen LogP contribution in [0.15, 0.2) is 18.2 Å². The van der Waals surface area contributed by atoms with Crippen LogP contribution in [0.1, 0.15) is 12.5 Å². The van der Waals surface area contributed by atoms with Crippen molar-refractivity contribution in [1.82, 2.24) is 0 Å². The molecule has 1 unspecified atom stereocenters. The molecule has 1 N–H and O–H groups in total. The highest BCUT2D eigenvalue weighted by Gasteiger charge is 2.08. The molecule has 0 spiro atoms. The van der Waals surface area contributed by atoms with E-state index in [2.05, 4.69) is 12.2 Å². The van der Waals surface area contributed by atoms with Crippen molar-refractivity contribution in [3.05, 3.63) is 33.9 Å². The number of anilines is 1. The van der Waals surface area contributed by atoms with Crippen LogP contribution in [0.3, 0.4) is 0 Å². The van der Waals surface area contributed by atoms with E-state index in [1.54, 1.807) is 19.2 Å². The maximum atomic E-state index is 10.6. The Morgan fingerprint density at radius 1 is 1.53 bits per heavy atom. The molecular weight excluding hydrogens is 220 g/mol. The summed E-state index contributed by atoms with van der Waals surface area (Å²) >= 11 is 0. The first-order valence-electron chi connectivity index (χ1n) is 5.52. The van der Waals surface area contributed by atoms with Gasteiger partial charge in [0.2, 0.25) is 0 Å². The molecule has 0 bridgehead atoms. The standard InChI is InChI=1S/C12H18N2O3/c1-9(8-17-3)7-13-12-5-4-11(14(15)16)6-10(12)2/h4-6,9,13H,7-8H2,1-3H3. The zero-order valence-electron chi connectivity index (χ0n) is 10.4. The molecule has 5 nitrogen and oxygen atoms in total. The number of benzene rings is 1. The van der Waals surface area contributed by atoms with E-state index in [1.807, 2.05) is 6.92 Å². The number of nitrogens with zero attached hydrogens (tertiary/aromatic N) is 1. The minimum atomic E-state index is -0.385. The number of rotatable bonds is 6. The Kier molecular flexibility index (Phi) is 4.90. The number of ether oxygens (including phenoxy) is 1. The molecule has 1 aromatic carbocycles. The fraction of sp³-hybridized carbons (Fsp3) is 0.500. The summed E-state index contributed by atoms with van der Waals surface area (Å²) in [5, 5.41) is 13.8. The van der Waals surface area contributed by atoms with Gasteiger partial charge < -0.3 is 10.1 Å². The Labute approximate surface area is 101 Å². The lowest BCUT2D eigenvalue weighted by atomic mass is 10.1. The molecule has 0 aliphatic carbocycles. The first kappa shape index (κ1) is 13.4. The monoisotopic (exact) mass is 238 g/mol. The zero-order valence-corrected chi connectivity index (χ0v) is 10.4. The van der Waals surface area contributed by atoms with Crippen molar-refractivity contribution in [1.29, 1.82) is 0 Å². The molecule has 0 aliphatic heterocycles. The van der Waals surface area contributed by atoms with Gasteiger partial charge in [-0.1, -0.05) is 6.92 Å². The van der Waals surface area contributed by atoms with E-state index in [9.17, 15) is 10.1 Å². The molecule has 0 fully saturated rings. The van der Waals surface area contributed by atoms with Crippen LogP contribution >= 0.6 is 0 Å². The van der Waals surface area contributed by atoms with Gasteiger partial charge in [0.05, 0.1) is 11.5 Å². The second-order valence-electron chi connectivity index (χ2n) is 4.20. The topological polar surface area (TPSA) is 64.4 Å². The van der Waals surface area contributed by atoms with Crippen LogP contribution in [0.25, 0.3) is 0 Å². The first-order valence-corrected chi connectivity index (χ1v) is 5.52. The number of non-ortho nitro benzene ring substituents is 1. The molecule has 94 valence electrons. The highest BCUT2D eigenvalue weighted by Crippen LogP contribution is 2.21. The molecule has 17 heavy (non-hydrogen) atoms. The Hall–Kier alpha value is -1.62. The maximum absolute atomic E-state index is 10.6. The van der Waals surface area contributed by atoms with Gasteiger partial charge in [0.25, 0.3) is 5.69 Å². The van der Waals surface area contributed by atoms with E-state index in [1.165, 1.54) is 6.07 Å². The number of aryl methyl sites for hydroxylation is 1. The number of nitrogens with one attached hydrogen (secondary N) is 1. The van der Waals surface area contributed by atoms with Crippen molar-refractivity contribution in [3.63, 3.8) is 0 Å². The largest absolute Gasteiger partial charge is 0.384 e. The van der Waals surface area contributed by atoms with Gasteiger partial charge in [-0.25, -0.2) is 0 Å². The summed E-state index contributed by atoms with van der Waals surface area (Å²) in [6.07, 6.45) is 0. The second kappa shape index (κ2) is 6.20. The smallest absolute Gasteiger partial charge is 0.269 e. The minimum absolute atomic E-state index is 0.123.